The second kappa shape index (κ2) is 34.7. The zero-order valence-electron chi connectivity index (χ0n) is 79.8. The predicted molar refractivity (Wildman–Crippen MR) is 622 cm³/mol. The molecule has 0 unspecified atom stereocenters. The predicted octanol–water partition coefficient (Wildman–Crippen LogP) is 40.9. The molecule has 0 aliphatic heterocycles. The molecule has 0 spiro atoms. The Labute approximate surface area is 834 Å². The van der Waals surface area contributed by atoms with Crippen LogP contribution in [0.4, 0.5) is 0 Å². The van der Waals surface area contributed by atoms with Gasteiger partial charge in [0.15, 0.2) is 0 Å². The molecule has 30 aromatic rings. The lowest BCUT2D eigenvalue weighted by Crippen LogP contribution is -1.91. The van der Waals surface area contributed by atoms with Gasteiger partial charge in [-0.2, -0.15) is 0 Å². The summed E-state index contributed by atoms with van der Waals surface area (Å²) in [5.74, 6) is 0. The Morgan fingerprint density at radius 2 is 0.427 bits per heavy atom. The third-order valence-electron chi connectivity index (χ3n) is 30.5. The van der Waals surface area contributed by atoms with Crippen molar-refractivity contribution in [3.8, 4) is 111 Å². The van der Waals surface area contributed by atoms with E-state index in [-0.39, 0.29) is 0 Å². The molecule has 1 aromatic heterocycles. The van der Waals surface area contributed by atoms with Crippen LogP contribution in [-0.4, -0.2) is 0 Å². The van der Waals surface area contributed by atoms with Crippen molar-refractivity contribution in [2.45, 2.75) is 27.7 Å². The van der Waals surface area contributed by atoms with Crippen molar-refractivity contribution in [2.24, 2.45) is 0 Å². The fourth-order valence-corrected chi connectivity index (χ4v) is 24.6. The quantitative estimate of drug-likeness (QED) is 0.120. The van der Waals surface area contributed by atoms with Gasteiger partial charge in [-0.05, 0) is 361 Å². The first kappa shape index (κ1) is 84.6. The third-order valence-corrected chi connectivity index (χ3v) is 31.7. The second-order valence-corrected chi connectivity index (χ2v) is 40.0. The number of rotatable bonds is 10. The van der Waals surface area contributed by atoms with Crippen molar-refractivity contribution >= 4 is 182 Å². The van der Waals surface area contributed by atoms with E-state index >= 15 is 0 Å². The van der Waals surface area contributed by atoms with Gasteiger partial charge in [0.05, 0.1) is 0 Å². The summed E-state index contributed by atoms with van der Waals surface area (Å²) < 4.78 is 2.68. The van der Waals surface area contributed by atoms with Crippen LogP contribution in [0.25, 0.3) is 282 Å². The standard InChI is InChI=1S/2C39H26.C35H22S.C29H20/c1-25-14-15-30(24-37(25)27-8-3-2-4-9-27)32-20-16-28-19-23-36-34(21-17-29-18-22-35(32)38(28)39(29)36)33-13-7-11-26-10-5-6-12-31(26)33;1-25-21-32(26-7-3-2-4-8-26)24-33(22-25)35-18-14-29-15-19-36-34(17-13-28-16-20-37(35)39(29)38(28)36)31-12-11-27-9-5-6-10-30(27)23-31;1-21-7-8-23-11-16-29-28(15-10-24-9-14-27(21)34(23)35(24)29)26-13-18-33-31(20-26)30-19-25(12-17-32(30)36-33)22-5-3-2-4-6-22;1-19-6-2-3-11-25(19)23-9-5-10-24(18-23)26-16-14-22-13-12-20-7-4-8-21-15-17-27(26)29(22)28(20)21/h2*2-24H,1H3;2-20H,1H3;2-18H,1H3. The topological polar surface area (TPSA) is 0 Å². The highest BCUT2D eigenvalue weighted by Gasteiger charge is 2.23. The number of hydrogen-bond acceptors (Lipinski definition) is 1. The number of aryl methyl sites for hydroxylation is 4. The Morgan fingerprint density at radius 1 is 0.119 bits per heavy atom. The number of hydrogen-bond donors (Lipinski definition) is 0. The minimum absolute atomic E-state index is 1.25. The van der Waals surface area contributed by atoms with E-state index in [2.05, 4.69) is 525 Å². The highest BCUT2D eigenvalue weighted by molar-refractivity contribution is 7.25. The SMILES string of the molecule is Cc1cc(-c2ccccc2)cc(-c2ccc3ccc4c(-c5ccc6ccccc6c5)ccc5ccc2c3c54)c1.Cc1ccc(-c2ccc3ccc4c(-c5cccc6ccccc56)ccc5ccc2c3c54)cc1-c1ccccc1.Cc1ccc2ccc3c(-c4ccc5sc6ccc(-c7ccccc7)cc6c5c4)ccc4ccc1c2c43.Cc1ccccc1-c1cccc(-c2ccc3ccc4cccc5ccc2c3c45)c1. The van der Waals surface area contributed by atoms with Gasteiger partial charge in [0.2, 0.25) is 0 Å². The molecule has 143 heavy (non-hydrogen) atoms. The summed E-state index contributed by atoms with van der Waals surface area (Å²) in [5, 5.41) is 39.7. The third kappa shape index (κ3) is 14.6. The van der Waals surface area contributed by atoms with Crippen LogP contribution in [0.3, 0.4) is 0 Å². The Morgan fingerprint density at radius 3 is 0.993 bits per heavy atom. The average Bonchev–Trinajstić information content (AvgIpc) is 1.56. The molecular formula is C142H94S. The normalized spacial score (nSPS) is 11.8. The van der Waals surface area contributed by atoms with Gasteiger partial charge in [0.1, 0.15) is 0 Å². The Bertz CT molecular complexity index is 10200. The van der Waals surface area contributed by atoms with Gasteiger partial charge >= 0.3 is 0 Å². The molecule has 0 atom stereocenters. The van der Waals surface area contributed by atoms with E-state index in [9.17, 15) is 0 Å². The number of fused-ring (bicyclic) bond motifs is 5. The highest BCUT2D eigenvalue weighted by Crippen LogP contribution is 2.51. The summed E-state index contributed by atoms with van der Waals surface area (Å²) in [6, 6.07) is 183. The first-order chi connectivity index (χ1) is 70.5. The first-order valence-corrected chi connectivity index (χ1v) is 50.6. The maximum atomic E-state index is 2.40. The van der Waals surface area contributed by atoms with E-state index in [1.165, 1.54) is 305 Å². The zero-order chi connectivity index (χ0) is 95.0. The maximum absolute atomic E-state index is 2.40. The van der Waals surface area contributed by atoms with Gasteiger partial charge in [-0.15, -0.1) is 11.3 Å². The fourth-order valence-electron chi connectivity index (χ4n) is 23.6. The van der Waals surface area contributed by atoms with Crippen LogP contribution in [0.5, 0.6) is 0 Å². The van der Waals surface area contributed by atoms with Gasteiger partial charge in [0.25, 0.3) is 0 Å². The molecule has 30 rings (SSSR count). The van der Waals surface area contributed by atoms with E-state index in [0.717, 1.165) is 0 Å². The monoisotopic (exact) mass is 1830 g/mol. The van der Waals surface area contributed by atoms with Crippen LogP contribution < -0.4 is 0 Å². The number of benzene rings is 29. The lowest BCUT2D eigenvalue weighted by molar-refractivity contribution is 1.46. The summed E-state index contributed by atoms with van der Waals surface area (Å²) in [6.45, 7) is 8.79. The molecule has 29 aromatic carbocycles. The van der Waals surface area contributed by atoms with Crippen molar-refractivity contribution in [3.05, 3.63) is 520 Å². The van der Waals surface area contributed by atoms with Gasteiger partial charge < -0.3 is 0 Å². The zero-order valence-corrected chi connectivity index (χ0v) is 80.6. The van der Waals surface area contributed by atoms with Gasteiger partial charge in [-0.3, -0.25) is 0 Å². The van der Waals surface area contributed by atoms with E-state index in [1.807, 2.05) is 11.3 Å². The fraction of sp³-hybridized carbons (Fsp3) is 0.0282. The maximum Gasteiger partial charge on any atom is 0.0355 e. The van der Waals surface area contributed by atoms with E-state index in [1.54, 1.807) is 0 Å². The van der Waals surface area contributed by atoms with Crippen LogP contribution >= 0.6 is 11.3 Å². The molecule has 0 radical (unpaired) electrons. The highest BCUT2D eigenvalue weighted by atomic mass is 32.1. The van der Waals surface area contributed by atoms with Crippen LogP contribution in [0.2, 0.25) is 0 Å². The first-order valence-electron chi connectivity index (χ1n) is 49.8. The minimum Gasteiger partial charge on any atom is -0.135 e. The Kier molecular flexibility index (Phi) is 20.5. The molecule has 0 aliphatic carbocycles. The van der Waals surface area contributed by atoms with Gasteiger partial charge in [-0.25, -0.2) is 0 Å². The summed E-state index contributed by atoms with van der Waals surface area (Å²) >= 11 is 1.88. The minimum atomic E-state index is 1.25. The lowest BCUT2D eigenvalue weighted by atomic mass is 9.86. The Balaban J connectivity index is 0.0000000956. The molecule has 0 nitrogen and oxygen atoms in total. The van der Waals surface area contributed by atoms with Crippen LogP contribution in [0.1, 0.15) is 22.3 Å². The Hall–Kier alpha value is -17.7. The molecule has 0 fully saturated rings. The molecular weight excluding hydrogens is 1740 g/mol. The van der Waals surface area contributed by atoms with Crippen LogP contribution in [0, 0.1) is 27.7 Å². The molecule has 0 saturated heterocycles. The molecule has 1 heterocycles. The number of thiophene rings is 1. The van der Waals surface area contributed by atoms with Gasteiger partial charge in [0, 0.05) is 20.2 Å². The van der Waals surface area contributed by atoms with Crippen LogP contribution in [-0.2, 0) is 0 Å². The van der Waals surface area contributed by atoms with E-state index < -0.39 is 0 Å². The molecule has 0 N–H and O–H groups in total. The summed E-state index contributed by atoms with van der Waals surface area (Å²) in [7, 11) is 0. The van der Waals surface area contributed by atoms with Crippen molar-refractivity contribution in [1.29, 1.82) is 0 Å². The summed E-state index contributed by atoms with van der Waals surface area (Å²) in [5.41, 5.74) is 30.7. The largest absolute Gasteiger partial charge is 0.135 e. The molecule has 668 valence electrons. The van der Waals surface area contributed by atoms with Gasteiger partial charge in [-0.1, -0.05) is 449 Å². The van der Waals surface area contributed by atoms with Crippen LogP contribution in [0.15, 0.2) is 497 Å². The molecule has 0 bridgehead atoms. The smallest absolute Gasteiger partial charge is 0.0355 e. The lowest BCUT2D eigenvalue weighted by Gasteiger charge is -2.18. The van der Waals surface area contributed by atoms with E-state index in [0.29, 0.717) is 0 Å². The summed E-state index contributed by atoms with van der Waals surface area (Å²) in [4.78, 5) is 0. The molecule has 0 amide bonds. The average molecular weight is 1830 g/mol. The summed E-state index contributed by atoms with van der Waals surface area (Å²) in [6.07, 6.45) is 0. The molecule has 0 saturated carbocycles. The second-order valence-electron chi connectivity index (χ2n) is 38.9. The molecule has 1 heteroatoms. The van der Waals surface area contributed by atoms with Crippen molar-refractivity contribution in [3.63, 3.8) is 0 Å². The van der Waals surface area contributed by atoms with Crippen molar-refractivity contribution in [1.82, 2.24) is 0 Å². The molecule has 0 aliphatic rings. The van der Waals surface area contributed by atoms with E-state index in [4.69, 9.17) is 0 Å². The van der Waals surface area contributed by atoms with Crippen molar-refractivity contribution < 1.29 is 0 Å². The van der Waals surface area contributed by atoms with Crippen molar-refractivity contribution in [2.75, 3.05) is 0 Å².